The van der Waals surface area contributed by atoms with Crippen LogP contribution in [0.15, 0.2) is 22.1 Å². The summed E-state index contributed by atoms with van der Waals surface area (Å²) in [5.74, 6) is 0.874. The monoisotopic (exact) mass is 379 g/mol. The summed E-state index contributed by atoms with van der Waals surface area (Å²) < 4.78 is 0.766. The molecular formula is C17H25N5OS2. The lowest BCUT2D eigenvalue weighted by Gasteiger charge is -2.34. The van der Waals surface area contributed by atoms with Crippen LogP contribution in [0.3, 0.4) is 0 Å². The zero-order chi connectivity index (χ0) is 18.1. The molecule has 2 N–H and O–H groups in total. The number of amides is 1. The van der Waals surface area contributed by atoms with Crippen molar-refractivity contribution in [2.45, 2.75) is 44.4 Å². The molecule has 136 valence electrons. The van der Waals surface area contributed by atoms with Crippen LogP contribution in [0.2, 0.25) is 0 Å². The molecule has 2 aliphatic carbocycles. The number of carbonyl (C=O) groups excluding carboxylic acids is 1. The summed E-state index contributed by atoms with van der Waals surface area (Å²) >= 11 is 2.81. The van der Waals surface area contributed by atoms with Gasteiger partial charge in [0.2, 0.25) is 5.13 Å². The first-order valence-electron chi connectivity index (χ1n) is 8.54. The second-order valence-electron chi connectivity index (χ2n) is 7.42. The molecule has 1 aromatic rings. The predicted octanol–water partition coefficient (Wildman–Crippen LogP) is 3.55. The van der Waals surface area contributed by atoms with Gasteiger partial charge in [-0.15, -0.1) is 16.8 Å². The van der Waals surface area contributed by atoms with Crippen molar-refractivity contribution in [2.24, 2.45) is 21.8 Å². The van der Waals surface area contributed by atoms with Crippen LogP contribution in [0, 0.1) is 16.7 Å². The molecule has 2 aliphatic rings. The van der Waals surface area contributed by atoms with Crippen molar-refractivity contribution >= 4 is 39.8 Å². The van der Waals surface area contributed by atoms with Crippen LogP contribution in [0.4, 0.5) is 5.13 Å². The Balaban J connectivity index is 1.50. The number of thioether (sulfide) groups is 1. The van der Waals surface area contributed by atoms with Crippen molar-refractivity contribution in [3.63, 3.8) is 0 Å². The Hall–Kier alpha value is -1.41. The highest BCUT2D eigenvalue weighted by Crippen LogP contribution is 2.63. The molecule has 25 heavy (non-hydrogen) atoms. The van der Waals surface area contributed by atoms with E-state index in [-0.39, 0.29) is 22.5 Å². The predicted molar refractivity (Wildman–Crippen MR) is 104 cm³/mol. The van der Waals surface area contributed by atoms with Crippen LogP contribution in [-0.2, 0) is 4.79 Å². The van der Waals surface area contributed by atoms with Gasteiger partial charge in [-0.05, 0) is 30.6 Å². The number of hydrogen-bond donors (Lipinski definition) is 2. The molecule has 3 rings (SSSR count). The summed E-state index contributed by atoms with van der Waals surface area (Å²) in [6.45, 7) is 11.2. The second kappa shape index (κ2) is 7.07. The number of fused-ring (bicyclic) bond motifs is 2. The lowest BCUT2D eigenvalue weighted by atomic mass is 9.70. The Labute approximate surface area is 157 Å². The standard InChI is InChI=1S/C17H25N5OS2/c1-5-8-18-14-21-22-15(25-14)24-10-13(23)20-19-12-9-11-6-7-17(12,4)16(11,2)3/h5,11H,1,6-10H2,2-4H3,(H,18,21)(H,20,23)/b19-12+/t11-,17+/m0/s1. The lowest BCUT2D eigenvalue weighted by Crippen LogP contribution is -2.34. The zero-order valence-corrected chi connectivity index (χ0v) is 16.6. The largest absolute Gasteiger partial charge is 0.357 e. The van der Waals surface area contributed by atoms with E-state index in [0.717, 1.165) is 21.6 Å². The van der Waals surface area contributed by atoms with Gasteiger partial charge in [0.05, 0.1) is 5.75 Å². The van der Waals surface area contributed by atoms with Crippen molar-refractivity contribution in [2.75, 3.05) is 17.6 Å². The van der Waals surface area contributed by atoms with E-state index >= 15 is 0 Å². The second-order valence-corrected chi connectivity index (χ2v) is 9.62. The van der Waals surface area contributed by atoms with Crippen molar-refractivity contribution in [1.82, 2.24) is 15.6 Å². The van der Waals surface area contributed by atoms with Gasteiger partial charge >= 0.3 is 0 Å². The Morgan fingerprint density at radius 3 is 2.92 bits per heavy atom. The van der Waals surface area contributed by atoms with Crippen LogP contribution >= 0.6 is 23.1 Å². The van der Waals surface area contributed by atoms with Crippen molar-refractivity contribution in [3.8, 4) is 0 Å². The fourth-order valence-electron chi connectivity index (χ4n) is 3.89. The highest BCUT2D eigenvalue weighted by atomic mass is 32.2. The third-order valence-electron chi connectivity index (χ3n) is 5.96. The number of anilines is 1. The number of hydrazone groups is 1. The average molecular weight is 380 g/mol. The van der Waals surface area contributed by atoms with Gasteiger partial charge in [-0.2, -0.15) is 5.10 Å². The Kier molecular flexibility index (Phi) is 5.20. The van der Waals surface area contributed by atoms with Crippen LogP contribution in [-0.4, -0.2) is 34.1 Å². The molecular weight excluding hydrogens is 354 g/mol. The summed E-state index contributed by atoms with van der Waals surface area (Å²) in [4.78, 5) is 12.1. The summed E-state index contributed by atoms with van der Waals surface area (Å²) in [7, 11) is 0. The summed E-state index contributed by atoms with van der Waals surface area (Å²) in [5, 5.41) is 16.4. The fourth-order valence-corrected chi connectivity index (χ4v) is 5.44. The Bertz CT molecular complexity index is 699. The maximum atomic E-state index is 12.1. The summed E-state index contributed by atoms with van der Waals surface area (Å²) in [6.07, 6.45) is 5.20. The van der Waals surface area contributed by atoms with E-state index in [4.69, 9.17) is 0 Å². The topological polar surface area (TPSA) is 79.3 Å². The van der Waals surface area contributed by atoms with Gasteiger partial charge in [0.1, 0.15) is 0 Å². The minimum Gasteiger partial charge on any atom is -0.357 e. The van der Waals surface area contributed by atoms with E-state index in [1.54, 1.807) is 6.08 Å². The molecule has 1 amide bonds. The molecule has 1 aromatic heterocycles. The SMILES string of the molecule is C=CCNc1nnc(SCC(=O)N/N=C2\C[C@@H]3CC[C@@]2(C)C3(C)C)s1. The normalized spacial score (nSPS) is 28.3. The van der Waals surface area contributed by atoms with Gasteiger partial charge in [0.15, 0.2) is 4.34 Å². The fraction of sp³-hybridized carbons (Fsp3) is 0.647. The van der Waals surface area contributed by atoms with E-state index < -0.39 is 0 Å². The molecule has 2 bridgehead atoms. The average Bonchev–Trinajstić information content (AvgIpc) is 3.18. The highest BCUT2D eigenvalue weighted by Gasteiger charge is 2.59. The van der Waals surface area contributed by atoms with E-state index in [1.807, 2.05) is 0 Å². The molecule has 1 heterocycles. The first kappa shape index (κ1) is 18.4. The Morgan fingerprint density at radius 1 is 1.48 bits per heavy atom. The number of nitrogens with one attached hydrogen (secondary N) is 2. The molecule has 0 unspecified atom stereocenters. The lowest BCUT2D eigenvalue weighted by molar-refractivity contribution is -0.118. The van der Waals surface area contributed by atoms with E-state index in [1.165, 1.54) is 35.9 Å². The maximum Gasteiger partial charge on any atom is 0.250 e. The van der Waals surface area contributed by atoms with Crippen LogP contribution < -0.4 is 10.7 Å². The van der Waals surface area contributed by atoms with Crippen molar-refractivity contribution < 1.29 is 4.79 Å². The first-order chi connectivity index (χ1) is 11.9. The highest BCUT2D eigenvalue weighted by molar-refractivity contribution is 8.01. The number of carbonyl (C=O) groups is 1. The number of aromatic nitrogens is 2. The molecule has 0 aromatic carbocycles. The number of rotatable bonds is 7. The molecule has 2 atom stereocenters. The van der Waals surface area contributed by atoms with E-state index in [9.17, 15) is 4.79 Å². The molecule has 6 nitrogen and oxygen atoms in total. The molecule has 0 radical (unpaired) electrons. The molecule has 0 saturated heterocycles. The third-order valence-corrected chi connectivity index (χ3v) is 7.97. The van der Waals surface area contributed by atoms with Crippen molar-refractivity contribution in [3.05, 3.63) is 12.7 Å². The number of hydrogen-bond acceptors (Lipinski definition) is 7. The third kappa shape index (κ3) is 3.46. The minimum absolute atomic E-state index is 0.0996. The maximum absolute atomic E-state index is 12.1. The van der Waals surface area contributed by atoms with E-state index in [2.05, 4.69) is 53.4 Å². The zero-order valence-electron chi connectivity index (χ0n) is 15.0. The summed E-state index contributed by atoms with van der Waals surface area (Å²) in [6, 6.07) is 0. The smallest absolute Gasteiger partial charge is 0.250 e. The van der Waals surface area contributed by atoms with Gasteiger partial charge in [0, 0.05) is 17.7 Å². The van der Waals surface area contributed by atoms with Gasteiger partial charge < -0.3 is 5.32 Å². The molecule has 2 fully saturated rings. The van der Waals surface area contributed by atoms with Crippen LogP contribution in [0.5, 0.6) is 0 Å². The molecule has 0 spiro atoms. The molecule has 2 saturated carbocycles. The van der Waals surface area contributed by atoms with Gasteiger partial charge in [-0.3, -0.25) is 4.79 Å². The Morgan fingerprint density at radius 2 is 2.28 bits per heavy atom. The number of nitrogens with zero attached hydrogens (tertiary/aromatic N) is 3. The first-order valence-corrected chi connectivity index (χ1v) is 10.3. The minimum atomic E-state index is -0.0996. The summed E-state index contributed by atoms with van der Waals surface area (Å²) in [5.41, 5.74) is 4.28. The molecule has 8 heteroatoms. The van der Waals surface area contributed by atoms with Crippen LogP contribution in [0.1, 0.15) is 40.0 Å². The molecule has 0 aliphatic heterocycles. The quantitative estimate of drug-likeness (QED) is 0.430. The van der Waals surface area contributed by atoms with Crippen LogP contribution in [0.25, 0.3) is 0 Å². The van der Waals surface area contributed by atoms with Gasteiger partial charge in [-0.1, -0.05) is 49.9 Å². The van der Waals surface area contributed by atoms with Gasteiger partial charge in [0.25, 0.3) is 5.91 Å². The van der Waals surface area contributed by atoms with Crippen molar-refractivity contribution in [1.29, 1.82) is 0 Å². The van der Waals surface area contributed by atoms with Gasteiger partial charge in [-0.25, -0.2) is 5.43 Å². The van der Waals surface area contributed by atoms with E-state index in [0.29, 0.717) is 12.5 Å².